The Morgan fingerprint density at radius 2 is 1.94 bits per heavy atom. The summed E-state index contributed by atoms with van der Waals surface area (Å²) < 4.78 is 13.9. The molecule has 0 saturated heterocycles. The minimum Gasteiger partial charge on any atom is -0.321 e. The molecule has 17 heavy (non-hydrogen) atoms. The second kappa shape index (κ2) is 5.18. The fourth-order valence-corrected chi connectivity index (χ4v) is 3.04. The van der Waals surface area contributed by atoms with Crippen molar-refractivity contribution in [2.75, 3.05) is 0 Å². The Morgan fingerprint density at radius 1 is 1.29 bits per heavy atom. The fraction of sp³-hybridized carbons (Fsp3) is 0.600. The van der Waals surface area contributed by atoms with Crippen LogP contribution < -0.4 is 5.73 Å². The van der Waals surface area contributed by atoms with Crippen molar-refractivity contribution < 1.29 is 4.39 Å². The maximum absolute atomic E-state index is 13.9. The van der Waals surface area contributed by atoms with Crippen LogP contribution in [-0.4, -0.2) is 0 Å². The van der Waals surface area contributed by atoms with E-state index in [0.717, 1.165) is 12.8 Å². The molecule has 0 heterocycles. The average Bonchev–Trinajstić information content (AvgIpc) is 2.82. The van der Waals surface area contributed by atoms with Crippen LogP contribution in [0.2, 0.25) is 0 Å². The number of halogens is 1. The van der Waals surface area contributed by atoms with Gasteiger partial charge in [0.15, 0.2) is 0 Å². The molecule has 1 nitrogen and oxygen atoms in total. The number of hydrogen-bond donors (Lipinski definition) is 1. The van der Waals surface area contributed by atoms with Gasteiger partial charge in [-0.1, -0.05) is 50.8 Å². The third kappa shape index (κ3) is 2.68. The molecule has 0 bridgehead atoms. The topological polar surface area (TPSA) is 26.0 Å². The summed E-state index contributed by atoms with van der Waals surface area (Å²) >= 11 is 0. The first-order valence-electron chi connectivity index (χ1n) is 6.69. The van der Waals surface area contributed by atoms with Crippen molar-refractivity contribution >= 4 is 0 Å². The lowest BCUT2D eigenvalue weighted by atomic mass is 9.79. The maximum atomic E-state index is 13.9. The minimum atomic E-state index is -0.486. The number of hydrogen-bond acceptors (Lipinski definition) is 1. The first kappa shape index (κ1) is 12.6. The number of rotatable bonds is 4. The standard InChI is InChI=1S/C15H22FN/c1-2-15(17,11-12-7-3-4-8-12)13-9-5-6-10-14(13)16/h5-6,9-10,12H,2-4,7-8,11,17H2,1H3. The summed E-state index contributed by atoms with van der Waals surface area (Å²) in [6.07, 6.45) is 6.85. The van der Waals surface area contributed by atoms with Crippen LogP contribution in [0.5, 0.6) is 0 Å². The summed E-state index contributed by atoms with van der Waals surface area (Å²) in [5.74, 6) is 0.523. The van der Waals surface area contributed by atoms with E-state index in [4.69, 9.17) is 5.73 Å². The molecule has 1 aliphatic rings. The highest BCUT2D eigenvalue weighted by molar-refractivity contribution is 5.25. The lowest BCUT2D eigenvalue weighted by molar-refractivity contribution is 0.305. The van der Waals surface area contributed by atoms with E-state index >= 15 is 0 Å². The van der Waals surface area contributed by atoms with Crippen LogP contribution in [0.25, 0.3) is 0 Å². The maximum Gasteiger partial charge on any atom is 0.128 e. The Hall–Kier alpha value is -0.890. The van der Waals surface area contributed by atoms with Gasteiger partial charge >= 0.3 is 0 Å². The van der Waals surface area contributed by atoms with Gasteiger partial charge < -0.3 is 5.73 Å². The van der Waals surface area contributed by atoms with Crippen molar-refractivity contribution in [2.45, 2.75) is 51.0 Å². The molecule has 1 atom stereocenters. The Balaban J connectivity index is 2.20. The van der Waals surface area contributed by atoms with Gasteiger partial charge in [-0.15, -0.1) is 0 Å². The van der Waals surface area contributed by atoms with E-state index in [1.807, 2.05) is 12.1 Å². The van der Waals surface area contributed by atoms with Gasteiger partial charge in [0.2, 0.25) is 0 Å². The Kier molecular flexibility index (Phi) is 3.82. The van der Waals surface area contributed by atoms with Crippen molar-refractivity contribution in [1.82, 2.24) is 0 Å². The van der Waals surface area contributed by atoms with E-state index in [0.29, 0.717) is 11.5 Å². The van der Waals surface area contributed by atoms with Crippen LogP contribution >= 0.6 is 0 Å². The smallest absolute Gasteiger partial charge is 0.128 e. The van der Waals surface area contributed by atoms with E-state index in [1.165, 1.54) is 31.7 Å². The number of nitrogens with two attached hydrogens (primary N) is 1. The van der Waals surface area contributed by atoms with Crippen LogP contribution in [0.15, 0.2) is 24.3 Å². The van der Waals surface area contributed by atoms with Gasteiger partial charge in [0.25, 0.3) is 0 Å². The molecule has 0 amide bonds. The fourth-order valence-electron chi connectivity index (χ4n) is 3.04. The van der Waals surface area contributed by atoms with E-state index in [-0.39, 0.29) is 5.82 Å². The quantitative estimate of drug-likeness (QED) is 0.839. The molecular formula is C15H22FN. The van der Waals surface area contributed by atoms with Crippen LogP contribution in [0.1, 0.15) is 51.0 Å². The highest BCUT2D eigenvalue weighted by Gasteiger charge is 2.32. The summed E-state index contributed by atoms with van der Waals surface area (Å²) in [6.45, 7) is 2.06. The van der Waals surface area contributed by atoms with Crippen molar-refractivity contribution in [1.29, 1.82) is 0 Å². The Bertz CT molecular complexity index is 371. The summed E-state index contributed by atoms with van der Waals surface area (Å²) in [4.78, 5) is 0. The predicted octanol–water partition coefficient (Wildman–Crippen LogP) is 3.97. The Morgan fingerprint density at radius 3 is 2.53 bits per heavy atom. The average molecular weight is 235 g/mol. The molecular weight excluding hydrogens is 213 g/mol. The number of benzene rings is 1. The molecule has 2 N–H and O–H groups in total. The molecule has 1 aromatic carbocycles. The second-order valence-corrected chi connectivity index (χ2v) is 5.34. The van der Waals surface area contributed by atoms with Gasteiger partial charge in [-0.25, -0.2) is 4.39 Å². The van der Waals surface area contributed by atoms with Gasteiger partial charge in [-0.2, -0.15) is 0 Å². The summed E-state index contributed by atoms with van der Waals surface area (Å²) in [5.41, 5.74) is 6.66. The molecule has 0 spiro atoms. The molecule has 2 heteroatoms. The van der Waals surface area contributed by atoms with Crippen molar-refractivity contribution in [2.24, 2.45) is 11.7 Å². The van der Waals surface area contributed by atoms with Crippen LogP contribution in [0, 0.1) is 11.7 Å². The first-order chi connectivity index (χ1) is 8.15. The monoisotopic (exact) mass is 235 g/mol. The molecule has 0 aliphatic heterocycles. The second-order valence-electron chi connectivity index (χ2n) is 5.34. The zero-order chi connectivity index (χ0) is 12.3. The third-order valence-electron chi connectivity index (χ3n) is 4.17. The normalized spacial score (nSPS) is 20.4. The third-order valence-corrected chi connectivity index (χ3v) is 4.17. The molecule has 1 fully saturated rings. The lowest BCUT2D eigenvalue weighted by Gasteiger charge is -2.32. The summed E-state index contributed by atoms with van der Waals surface area (Å²) in [7, 11) is 0. The van der Waals surface area contributed by atoms with Crippen molar-refractivity contribution in [3.8, 4) is 0 Å². The van der Waals surface area contributed by atoms with Gasteiger partial charge in [0, 0.05) is 11.1 Å². The molecule has 2 rings (SSSR count). The highest BCUT2D eigenvalue weighted by Crippen LogP contribution is 2.37. The van der Waals surface area contributed by atoms with Gasteiger partial charge in [-0.05, 0) is 24.8 Å². The van der Waals surface area contributed by atoms with Crippen LogP contribution in [0.3, 0.4) is 0 Å². The molecule has 1 unspecified atom stereocenters. The van der Waals surface area contributed by atoms with E-state index < -0.39 is 5.54 Å². The van der Waals surface area contributed by atoms with Crippen molar-refractivity contribution in [3.05, 3.63) is 35.6 Å². The van der Waals surface area contributed by atoms with Crippen LogP contribution in [-0.2, 0) is 5.54 Å². The molecule has 1 aliphatic carbocycles. The van der Waals surface area contributed by atoms with E-state index in [1.54, 1.807) is 6.07 Å². The molecule has 0 radical (unpaired) electrons. The van der Waals surface area contributed by atoms with Gasteiger partial charge in [0.1, 0.15) is 5.82 Å². The Labute approximate surface area is 103 Å². The largest absolute Gasteiger partial charge is 0.321 e. The van der Waals surface area contributed by atoms with Gasteiger partial charge in [-0.3, -0.25) is 0 Å². The molecule has 1 aromatic rings. The summed E-state index contributed by atoms with van der Waals surface area (Å²) in [5, 5.41) is 0. The van der Waals surface area contributed by atoms with Gasteiger partial charge in [0.05, 0.1) is 0 Å². The minimum absolute atomic E-state index is 0.158. The zero-order valence-corrected chi connectivity index (χ0v) is 10.6. The molecule has 1 saturated carbocycles. The molecule has 94 valence electrons. The van der Waals surface area contributed by atoms with Crippen LogP contribution in [0.4, 0.5) is 4.39 Å². The predicted molar refractivity (Wildman–Crippen MR) is 69.1 cm³/mol. The van der Waals surface area contributed by atoms with E-state index in [2.05, 4.69) is 6.92 Å². The zero-order valence-electron chi connectivity index (χ0n) is 10.6. The lowest BCUT2D eigenvalue weighted by Crippen LogP contribution is -2.38. The first-order valence-corrected chi connectivity index (χ1v) is 6.69. The van der Waals surface area contributed by atoms with E-state index in [9.17, 15) is 4.39 Å². The SMILES string of the molecule is CCC(N)(CC1CCCC1)c1ccccc1F. The molecule has 0 aromatic heterocycles. The summed E-state index contributed by atoms with van der Waals surface area (Å²) in [6, 6.07) is 6.96. The highest BCUT2D eigenvalue weighted by atomic mass is 19.1. The van der Waals surface area contributed by atoms with Crippen molar-refractivity contribution in [3.63, 3.8) is 0 Å².